The van der Waals surface area contributed by atoms with Crippen LogP contribution in [0, 0.1) is 0 Å². The van der Waals surface area contributed by atoms with Crippen LogP contribution in [0.25, 0.3) is 0 Å². The summed E-state index contributed by atoms with van der Waals surface area (Å²) in [4.78, 5) is 0. The number of rotatable bonds is 2. The first-order chi connectivity index (χ1) is 10.5. The van der Waals surface area contributed by atoms with Crippen molar-refractivity contribution in [3.05, 3.63) is 71.3 Å². The highest BCUT2D eigenvalue weighted by Gasteiger charge is 2.37. The highest BCUT2D eigenvalue weighted by molar-refractivity contribution is 8.18. The fourth-order valence-corrected chi connectivity index (χ4v) is 6.26. The normalized spacial score (nSPS) is 18.1. The maximum atomic E-state index is 2.35. The molecule has 2 heteroatoms. The lowest BCUT2D eigenvalue weighted by molar-refractivity contribution is 0.590. The van der Waals surface area contributed by atoms with Crippen molar-refractivity contribution in [3.8, 4) is 0 Å². The Morgan fingerprint density at radius 2 is 1.32 bits per heavy atom. The summed E-state index contributed by atoms with van der Waals surface area (Å²) in [5.41, 5.74) is 4.48. The quantitative estimate of drug-likeness (QED) is 0.657. The first-order valence-corrected chi connectivity index (χ1v) is 9.94. The summed E-state index contributed by atoms with van der Waals surface area (Å²) >= 11 is 4.19. The number of hydrogen-bond donors (Lipinski definition) is 0. The molecule has 0 aromatic heterocycles. The van der Waals surface area contributed by atoms with Crippen molar-refractivity contribution in [2.75, 3.05) is 11.5 Å². The fourth-order valence-electron chi connectivity index (χ4n) is 2.88. The van der Waals surface area contributed by atoms with Crippen LogP contribution >= 0.6 is 23.5 Å². The van der Waals surface area contributed by atoms with E-state index in [-0.39, 0.29) is 9.49 Å². The molecule has 3 rings (SSSR count). The van der Waals surface area contributed by atoms with Gasteiger partial charge in [-0.05, 0) is 40.0 Å². The predicted molar refractivity (Wildman–Crippen MR) is 102 cm³/mol. The van der Waals surface area contributed by atoms with E-state index >= 15 is 0 Å². The number of hydrogen-bond acceptors (Lipinski definition) is 2. The van der Waals surface area contributed by atoms with Crippen LogP contribution in [-0.4, -0.2) is 11.5 Å². The van der Waals surface area contributed by atoms with Crippen molar-refractivity contribution in [2.45, 2.75) is 36.7 Å². The molecule has 0 aliphatic carbocycles. The minimum Gasteiger partial charge on any atom is -0.135 e. The molecule has 0 unspecified atom stereocenters. The minimum absolute atomic E-state index is 0.0654. The minimum atomic E-state index is 0.0654. The average Bonchev–Trinajstić information content (AvgIpc) is 2.56. The molecule has 1 aliphatic heterocycles. The Labute approximate surface area is 143 Å². The van der Waals surface area contributed by atoms with Crippen LogP contribution in [0.3, 0.4) is 0 Å². The summed E-state index contributed by atoms with van der Waals surface area (Å²) in [5, 5.41) is 0. The van der Waals surface area contributed by atoms with Gasteiger partial charge in [0.05, 0.1) is 0 Å². The Bertz CT molecular complexity index is 602. The molecule has 0 atom stereocenters. The van der Waals surface area contributed by atoms with E-state index in [0.717, 1.165) is 0 Å². The van der Waals surface area contributed by atoms with E-state index in [1.165, 1.54) is 34.6 Å². The maximum absolute atomic E-state index is 2.35. The van der Waals surface area contributed by atoms with Crippen molar-refractivity contribution in [3.63, 3.8) is 0 Å². The summed E-state index contributed by atoms with van der Waals surface area (Å²) < 4.78 is 0.0654. The van der Waals surface area contributed by atoms with E-state index in [2.05, 4.69) is 98.9 Å². The van der Waals surface area contributed by atoms with E-state index in [0.29, 0.717) is 0 Å². The topological polar surface area (TPSA) is 0 Å². The van der Waals surface area contributed by atoms with Gasteiger partial charge in [-0.3, -0.25) is 0 Å². The molecule has 2 aromatic carbocycles. The van der Waals surface area contributed by atoms with Crippen LogP contribution < -0.4 is 0 Å². The smallest absolute Gasteiger partial charge is 0.111 e. The van der Waals surface area contributed by atoms with Crippen molar-refractivity contribution >= 4 is 23.5 Å². The molecular formula is C20H24S2. The molecule has 1 saturated heterocycles. The molecular weight excluding hydrogens is 304 g/mol. The second-order valence-corrected chi connectivity index (χ2v) is 9.74. The molecule has 0 saturated carbocycles. The number of thioether (sulfide) groups is 2. The SMILES string of the molecule is CC(C)(C)c1ccc(C2(c3ccccc3)SCCCS2)cc1. The third-order valence-electron chi connectivity index (χ3n) is 4.18. The summed E-state index contributed by atoms with van der Waals surface area (Å²) in [7, 11) is 0. The molecule has 0 nitrogen and oxygen atoms in total. The van der Waals surface area contributed by atoms with Crippen molar-refractivity contribution in [1.29, 1.82) is 0 Å². The third kappa shape index (κ3) is 3.09. The molecule has 1 heterocycles. The van der Waals surface area contributed by atoms with E-state index in [9.17, 15) is 0 Å². The Kier molecular flexibility index (Phi) is 4.61. The van der Waals surface area contributed by atoms with E-state index < -0.39 is 0 Å². The van der Waals surface area contributed by atoms with Crippen molar-refractivity contribution < 1.29 is 0 Å². The van der Waals surface area contributed by atoms with E-state index in [1.807, 2.05) is 0 Å². The molecule has 22 heavy (non-hydrogen) atoms. The largest absolute Gasteiger partial charge is 0.135 e. The molecule has 0 radical (unpaired) electrons. The predicted octanol–water partition coefficient (Wildman–Crippen LogP) is 6.06. The Morgan fingerprint density at radius 3 is 1.86 bits per heavy atom. The summed E-state index contributed by atoms with van der Waals surface area (Å²) in [6.07, 6.45) is 1.31. The standard InChI is InChI=1S/C20H24S2/c1-19(2,3)16-10-12-18(13-11-16)20(21-14-7-15-22-20)17-8-5-4-6-9-17/h4-6,8-13H,7,14-15H2,1-3H3. The van der Waals surface area contributed by atoms with E-state index in [1.54, 1.807) is 0 Å². The second-order valence-electron chi connectivity index (χ2n) is 6.86. The molecule has 0 spiro atoms. The fraction of sp³-hybridized carbons (Fsp3) is 0.400. The van der Waals surface area contributed by atoms with Gasteiger partial charge in [-0.1, -0.05) is 75.4 Å². The maximum Gasteiger partial charge on any atom is 0.111 e. The van der Waals surface area contributed by atoms with E-state index in [4.69, 9.17) is 0 Å². The second kappa shape index (κ2) is 6.33. The van der Waals surface area contributed by atoms with Crippen molar-refractivity contribution in [2.24, 2.45) is 0 Å². The Morgan fingerprint density at radius 1 is 0.773 bits per heavy atom. The lowest BCUT2D eigenvalue weighted by Gasteiger charge is -2.37. The van der Waals surface area contributed by atoms with Crippen LogP contribution in [0.4, 0.5) is 0 Å². The molecule has 116 valence electrons. The highest BCUT2D eigenvalue weighted by atomic mass is 32.2. The van der Waals surface area contributed by atoms with Crippen molar-refractivity contribution in [1.82, 2.24) is 0 Å². The molecule has 0 amide bonds. The zero-order chi connectivity index (χ0) is 15.6. The molecule has 1 fully saturated rings. The van der Waals surface area contributed by atoms with Gasteiger partial charge in [0.2, 0.25) is 0 Å². The number of benzene rings is 2. The van der Waals surface area contributed by atoms with Crippen LogP contribution in [0.2, 0.25) is 0 Å². The monoisotopic (exact) mass is 328 g/mol. The van der Waals surface area contributed by atoms with Gasteiger partial charge in [-0.15, -0.1) is 23.5 Å². The molecule has 0 bridgehead atoms. The summed E-state index contributed by atoms with van der Waals surface area (Å²) in [6.45, 7) is 6.83. The van der Waals surface area contributed by atoms with Crippen LogP contribution in [0.15, 0.2) is 54.6 Å². The summed E-state index contributed by atoms with van der Waals surface area (Å²) in [5.74, 6) is 2.48. The van der Waals surface area contributed by atoms with Crippen LogP contribution in [-0.2, 0) is 9.49 Å². The Hall–Kier alpha value is -0.860. The summed E-state index contributed by atoms with van der Waals surface area (Å²) in [6, 6.07) is 20.3. The molecule has 0 N–H and O–H groups in total. The van der Waals surface area contributed by atoms with Gasteiger partial charge in [-0.2, -0.15) is 0 Å². The van der Waals surface area contributed by atoms with Crippen LogP contribution in [0.5, 0.6) is 0 Å². The van der Waals surface area contributed by atoms with Gasteiger partial charge in [0.1, 0.15) is 4.08 Å². The zero-order valence-corrected chi connectivity index (χ0v) is 15.3. The third-order valence-corrected chi connectivity index (χ3v) is 7.63. The Balaban J connectivity index is 2.03. The van der Waals surface area contributed by atoms with Gasteiger partial charge in [0.25, 0.3) is 0 Å². The lowest BCUT2D eigenvalue weighted by atomic mass is 9.86. The highest BCUT2D eigenvalue weighted by Crippen LogP contribution is 2.54. The first kappa shape index (κ1) is 16.0. The van der Waals surface area contributed by atoms with Gasteiger partial charge < -0.3 is 0 Å². The van der Waals surface area contributed by atoms with Gasteiger partial charge in [-0.25, -0.2) is 0 Å². The van der Waals surface area contributed by atoms with Crippen LogP contribution in [0.1, 0.15) is 43.9 Å². The first-order valence-electron chi connectivity index (χ1n) is 7.97. The van der Waals surface area contributed by atoms with Gasteiger partial charge in [0.15, 0.2) is 0 Å². The average molecular weight is 329 g/mol. The lowest BCUT2D eigenvalue weighted by Crippen LogP contribution is -2.24. The zero-order valence-electron chi connectivity index (χ0n) is 13.6. The molecule has 2 aromatic rings. The van der Waals surface area contributed by atoms with Gasteiger partial charge in [0, 0.05) is 0 Å². The molecule has 1 aliphatic rings. The van der Waals surface area contributed by atoms with Gasteiger partial charge >= 0.3 is 0 Å².